The fourth-order valence-electron chi connectivity index (χ4n) is 3.23. The molecule has 150 valence electrons. The van der Waals surface area contributed by atoms with E-state index in [9.17, 15) is 22.8 Å². The third kappa shape index (κ3) is 3.83. The first-order valence-corrected chi connectivity index (χ1v) is 8.50. The molecule has 1 N–H and O–H groups in total. The number of aryl methyl sites for hydroxylation is 2. The Kier molecular flexibility index (Phi) is 4.86. The van der Waals surface area contributed by atoms with Gasteiger partial charge < -0.3 is 14.5 Å². The first kappa shape index (κ1) is 19.8. The second kappa shape index (κ2) is 6.88. The average molecular weight is 396 g/mol. The maximum atomic E-state index is 13.0. The number of nitrogens with zero attached hydrogens (tertiary/aromatic N) is 1. The van der Waals surface area contributed by atoms with Crippen molar-refractivity contribution in [1.29, 1.82) is 0 Å². The van der Waals surface area contributed by atoms with Crippen LogP contribution in [0, 0.1) is 13.8 Å². The van der Waals surface area contributed by atoms with Crippen molar-refractivity contribution in [3.05, 3.63) is 53.0 Å². The average Bonchev–Trinajstić information content (AvgIpc) is 3.05. The first-order valence-electron chi connectivity index (χ1n) is 8.50. The molecule has 1 saturated heterocycles. The molecule has 0 bridgehead atoms. The van der Waals surface area contributed by atoms with Crippen molar-refractivity contribution >= 4 is 11.9 Å². The van der Waals surface area contributed by atoms with Crippen molar-refractivity contribution in [2.45, 2.75) is 39.0 Å². The Morgan fingerprint density at radius 1 is 1.21 bits per heavy atom. The van der Waals surface area contributed by atoms with Crippen LogP contribution in [-0.2, 0) is 16.9 Å². The Hall–Kier alpha value is -2.97. The molecule has 1 atom stereocenters. The van der Waals surface area contributed by atoms with Crippen molar-refractivity contribution < 1.29 is 31.9 Å². The van der Waals surface area contributed by atoms with Crippen LogP contribution in [-0.4, -0.2) is 29.6 Å². The number of hydrogen-bond acceptors (Lipinski definition) is 4. The van der Waals surface area contributed by atoms with Crippen LogP contribution in [0.3, 0.4) is 0 Å². The van der Waals surface area contributed by atoms with Crippen LogP contribution in [0.15, 0.2) is 34.7 Å². The molecule has 3 rings (SSSR count). The van der Waals surface area contributed by atoms with E-state index in [1.807, 2.05) is 0 Å². The van der Waals surface area contributed by atoms with Gasteiger partial charge in [-0.1, -0.05) is 12.1 Å². The summed E-state index contributed by atoms with van der Waals surface area (Å²) >= 11 is 0. The minimum absolute atomic E-state index is 0.00550. The minimum Gasteiger partial charge on any atom is -0.484 e. The van der Waals surface area contributed by atoms with Gasteiger partial charge in [0.2, 0.25) is 0 Å². The molecule has 1 aliphatic rings. The predicted octanol–water partition coefficient (Wildman–Crippen LogP) is 3.80. The van der Waals surface area contributed by atoms with Crippen LogP contribution in [0.4, 0.5) is 18.0 Å². The summed E-state index contributed by atoms with van der Waals surface area (Å²) in [5, 5.41) is 2.68. The molecule has 0 aliphatic carbocycles. The fourth-order valence-corrected chi connectivity index (χ4v) is 3.23. The molecule has 2 heterocycles. The lowest BCUT2D eigenvalue weighted by molar-refractivity contribution is -0.153. The number of benzene rings is 1. The van der Waals surface area contributed by atoms with E-state index in [0.29, 0.717) is 22.6 Å². The lowest BCUT2D eigenvalue weighted by atomic mass is 9.92. The Morgan fingerprint density at radius 3 is 2.54 bits per heavy atom. The third-order valence-electron chi connectivity index (χ3n) is 4.50. The predicted molar refractivity (Wildman–Crippen MR) is 92.6 cm³/mol. The highest BCUT2D eigenvalue weighted by molar-refractivity contribution is 6.07. The van der Waals surface area contributed by atoms with Gasteiger partial charge in [0.05, 0.1) is 6.54 Å². The third-order valence-corrected chi connectivity index (χ3v) is 4.50. The number of furan rings is 1. The molecule has 3 amide bonds. The number of ether oxygens (including phenoxy) is 1. The maximum Gasteiger partial charge on any atom is 0.422 e. The van der Waals surface area contributed by atoms with Gasteiger partial charge in [-0.15, -0.1) is 0 Å². The summed E-state index contributed by atoms with van der Waals surface area (Å²) in [7, 11) is 0. The monoisotopic (exact) mass is 396 g/mol. The zero-order chi connectivity index (χ0) is 20.7. The molecule has 6 nitrogen and oxygen atoms in total. The summed E-state index contributed by atoms with van der Waals surface area (Å²) in [6.45, 7) is 3.52. The number of imide groups is 1. The lowest BCUT2D eigenvalue weighted by Gasteiger charge is -2.21. The molecule has 2 aromatic rings. The van der Waals surface area contributed by atoms with E-state index in [1.54, 1.807) is 32.9 Å². The summed E-state index contributed by atoms with van der Waals surface area (Å²) in [4.78, 5) is 26.4. The zero-order valence-electron chi connectivity index (χ0n) is 15.5. The molecule has 1 fully saturated rings. The number of rotatable bonds is 5. The molecule has 1 aromatic carbocycles. The molecule has 0 radical (unpaired) electrons. The molecular formula is C19H19F3N2O4. The van der Waals surface area contributed by atoms with Crippen molar-refractivity contribution in [3.63, 3.8) is 0 Å². The SMILES string of the molecule is Cc1cc(C2(C)NC(=O)N(Cc3cccc(OCC(F)(F)F)c3)C2=O)c(C)o1. The molecule has 28 heavy (non-hydrogen) atoms. The Morgan fingerprint density at radius 2 is 1.93 bits per heavy atom. The molecule has 0 spiro atoms. The molecule has 0 saturated carbocycles. The number of carbonyl (C=O) groups is 2. The highest BCUT2D eigenvalue weighted by Crippen LogP contribution is 2.33. The quantitative estimate of drug-likeness (QED) is 0.781. The summed E-state index contributed by atoms with van der Waals surface area (Å²) in [6, 6.07) is 6.96. The van der Waals surface area contributed by atoms with Crippen molar-refractivity contribution in [2.24, 2.45) is 0 Å². The van der Waals surface area contributed by atoms with Crippen LogP contribution in [0.2, 0.25) is 0 Å². The summed E-state index contributed by atoms with van der Waals surface area (Å²) in [5.41, 5.74) is -0.246. The van der Waals surface area contributed by atoms with Gasteiger partial charge in [-0.05, 0) is 44.5 Å². The van der Waals surface area contributed by atoms with E-state index < -0.39 is 30.3 Å². The Labute approximate surface area is 159 Å². The van der Waals surface area contributed by atoms with Gasteiger partial charge in [0, 0.05) is 5.56 Å². The van der Waals surface area contributed by atoms with Crippen LogP contribution >= 0.6 is 0 Å². The number of halogens is 3. The molecule has 1 aliphatic heterocycles. The van der Waals surface area contributed by atoms with E-state index in [1.165, 1.54) is 18.2 Å². The number of hydrogen-bond donors (Lipinski definition) is 1. The van der Waals surface area contributed by atoms with Crippen molar-refractivity contribution in [1.82, 2.24) is 10.2 Å². The molecular weight excluding hydrogens is 377 g/mol. The smallest absolute Gasteiger partial charge is 0.422 e. The van der Waals surface area contributed by atoms with E-state index in [2.05, 4.69) is 5.32 Å². The standard InChI is InChI=1S/C19H19F3N2O4/c1-11-7-15(12(2)28-11)18(3)16(25)24(17(26)23-18)9-13-5-4-6-14(8-13)27-10-19(20,21)22/h4-8H,9-10H2,1-3H3,(H,23,26). The van der Waals surface area contributed by atoms with Crippen LogP contribution < -0.4 is 10.1 Å². The zero-order valence-corrected chi connectivity index (χ0v) is 15.5. The van der Waals surface area contributed by atoms with Crippen molar-refractivity contribution in [3.8, 4) is 5.75 Å². The van der Waals surface area contributed by atoms with E-state index in [-0.39, 0.29) is 12.3 Å². The van der Waals surface area contributed by atoms with Gasteiger partial charge in [0.1, 0.15) is 22.8 Å². The number of amides is 3. The van der Waals surface area contributed by atoms with E-state index in [4.69, 9.17) is 9.15 Å². The molecule has 9 heteroatoms. The number of carbonyl (C=O) groups excluding carboxylic acids is 2. The lowest BCUT2D eigenvalue weighted by Crippen LogP contribution is -2.41. The van der Waals surface area contributed by atoms with Crippen LogP contribution in [0.25, 0.3) is 0 Å². The van der Waals surface area contributed by atoms with Crippen LogP contribution in [0.1, 0.15) is 29.6 Å². The van der Waals surface area contributed by atoms with Gasteiger partial charge in [-0.3, -0.25) is 9.69 Å². The van der Waals surface area contributed by atoms with Gasteiger partial charge in [-0.2, -0.15) is 13.2 Å². The number of alkyl halides is 3. The summed E-state index contributed by atoms with van der Waals surface area (Å²) in [5.74, 6) is 0.677. The topological polar surface area (TPSA) is 71.8 Å². The minimum atomic E-state index is -4.46. The fraction of sp³-hybridized carbons (Fsp3) is 0.368. The molecule has 1 aromatic heterocycles. The van der Waals surface area contributed by atoms with Gasteiger partial charge in [0.15, 0.2) is 6.61 Å². The second-order valence-corrected chi connectivity index (χ2v) is 6.82. The molecule has 1 unspecified atom stereocenters. The van der Waals surface area contributed by atoms with Gasteiger partial charge in [-0.25, -0.2) is 4.79 Å². The Bertz CT molecular complexity index is 922. The van der Waals surface area contributed by atoms with Crippen molar-refractivity contribution in [2.75, 3.05) is 6.61 Å². The highest BCUT2D eigenvalue weighted by Gasteiger charge is 2.50. The largest absolute Gasteiger partial charge is 0.484 e. The van der Waals surface area contributed by atoms with E-state index >= 15 is 0 Å². The van der Waals surface area contributed by atoms with Gasteiger partial charge >= 0.3 is 12.2 Å². The second-order valence-electron chi connectivity index (χ2n) is 6.82. The van der Waals surface area contributed by atoms with Crippen LogP contribution in [0.5, 0.6) is 5.75 Å². The number of nitrogens with one attached hydrogen (secondary N) is 1. The van der Waals surface area contributed by atoms with E-state index in [0.717, 1.165) is 4.90 Å². The Balaban J connectivity index is 1.79. The normalized spacial score (nSPS) is 19.9. The van der Waals surface area contributed by atoms with Gasteiger partial charge in [0.25, 0.3) is 5.91 Å². The summed E-state index contributed by atoms with van der Waals surface area (Å²) < 4.78 is 47.1. The maximum absolute atomic E-state index is 13.0. The summed E-state index contributed by atoms with van der Waals surface area (Å²) in [6.07, 6.45) is -4.46. The first-order chi connectivity index (χ1) is 13.0. The number of urea groups is 1. The highest BCUT2D eigenvalue weighted by atomic mass is 19.4.